The van der Waals surface area contributed by atoms with Crippen LogP contribution in [-0.4, -0.2) is 13.3 Å². The molecule has 0 spiro atoms. The van der Waals surface area contributed by atoms with Crippen molar-refractivity contribution in [1.82, 2.24) is 0 Å². The van der Waals surface area contributed by atoms with E-state index >= 15 is 0 Å². The van der Waals surface area contributed by atoms with Crippen molar-refractivity contribution in [2.45, 2.75) is 0 Å². The molecule has 0 aromatic carbocycles. The standard InChI is InChI=1S/C3H4F3/c4-1-3(6)2-5/h1-2H2. The van der Waals surface area contributed by atoms with Gasteiger partial charge in [-0.25, -0.2) is 13.2 Å². The third kappa shape index (κ3) is 2.05. The molecule has 0 aliphatic heterocycles. The first-order chi connectivity index (χ1) is 2.81. The molecular formula is C3H4F3. The van der Waals surface area contributed by atoms with Crippen LogP contribution in [-0.2, 0) is 0 Å². The van der Waals surface area contributed by atoms with Gasteiger partial charge in [-0.15, -0.1) is 0 Å². The first-order valence-electron chi connectivity index (χ1n) is 1.43. The lowest BCUT2D eigenvalue weighted by Gasteiger charge is -1.86. The fraction of sp³-hybridized carbons (Fsp3) is 0.667. The predicted molar refractivity (Wildman–Crippen MR) is 16.3 cm³/mol. The molecule has 0 saturated carbocycles. The largest absolute Gasteiger partial charge is 0.247 e. The Kier molecular flexibility index (Phi) is 2.89. The van der Waals surface area contributed by atoms with Crippen LogP contribution in [0.3, 0.4) is 0 Å². The van der Waals surface area contributed by atoms with Gasteiger partial charge in [-0.05, 0) is 0 Å². The third-order valence-electron chi connectivity index (χ3n) is 0.290. The Balaban J connectivity index is 2.75. The van der Waals surface area contributed by atoms with E-state index in [0.717, 1.165) is 0 Å². The van der Waals surface area contributed by atoms with E-state index in [1.807, 2.05) is 0 Å². The summed E-state index contributed by atoms with van der Waals surface area (Å²) in [5.74, 6) is 0. The molecule has 0 nitrogen and oxygen atoms in total. The van der Waals surface area contributed by atoms with Crippen LogP contribution in [0.1, 0.15) is 0 Å². The SMILES string of the molecule is FC[C](F)CF. The third-order valence-corrected chi connectivity index (χ3v) is 0.290. The highest BCUT2D eigenvalue weighted by Crippen LogP contribution is 2.00. The molecule has 0 aliphatic carbocycles. The molecule has 37 valence electrons. The van der Waals surface area contributed by atoms with E-state index in [1.54, 1.807) is 0 Å². The predicted octanol–water partition coefficient (Wildman–Crippen LogP) is 1.43. The van der Waals surface area contributed by atoms with E-state index in [1.165, 1.54) is 0 Å². The Morgan fingerprint density at radius 3 is 1.50 bits per heavy atom. The molecule has 0 aliphatic rings. The lowest BCUT2D eigenvalue weighted by molar-refractivity contribution is 0.310. The van der Waals surface area contributed by atoms with Gasteiger partial charge < -0.3 is 0 Å². The molecule has 0 saturated heterocycles. The molecule has 3 heteroatoms. The topological polar surface area (TPSA) is 0 Å². The number of hydrogen-bond acceptors (Lipinski definition) is 0. The van der Waals surface area contributed by atoms with E-state index in [-0.39, 0.29) is 0 Å². The summed E-state index contributed by atoms with van der Waals surface area (Å²) in [4.78, 5) is 0. The number of alkyl halides is 2. The molecule has 0 rings (SSSR count). The molecule has 0 atom stereocenters. The van der Waals surface area contributed by atoms with Crippen molar-refractivity contribution in [3.05, 3.63) is 6.17 Å². The average molecular weight is 97.1 g/mol. The minimum absolute atomic E-state index is 1.24. The lowest BCUT2D eigenvalue weighted by atomic mass is 10.5. The van der Waals surface area contributed by atoms with Crippen molar-refractivity contribution in [2.75, 3.05) is 13.3 Å². The summed E-state index contributed by atoms with van der Waals surface area (Å²) in [6.45, 7) is -2.59. The van der Waals surface area contributed by atoms with Crippen LogP contribution >= 0.6 is 0 Å². The van der Waals surface area contributed by atoms with E-state index in [4.69, 9.17) is 0 Å². The maximum atomic E-state index is 11.0. The van der Waals surface area contributed by atoms with Gasteiger partial charge in [0, 0.05) is 0 Å². The molecule has 0 aromatic rings. The molecule has 0 unspecified atom stereocenters. The van der Waals surface area contributed by atoms with Gasteiger partial charge in [0.05, 0.1) is 0 Å². The summed E-state index contributed by atoms with van der Waals surface area (Å²) in [5, 5.41) is 0. The summed E-state index contributed by atoms with van der Waals surface area (Å²) in [7, 11) is 0. The molecule has 6 heavy (non-hydrogen) atoms. The fourth-order valence-corrected chi connectivity index (χ4v) is 0.0357. The average Bonchev–Trinajstić information content (AvgIpc) is 1.65. The smallest absolute Gasteiger partial charge is 0.205 e. The van der Waals surface area contributed by atoms with Crippen molar-refractivity contribution in [3.63, 3.8) is 0 Å². The normalized spacial score (nSPS) is 10.0. The Labute approximate surface area is 34.0 Å². The van der Waals surface area contributed by atoms with Crippen LogP contribution in [0, 0.1) is 6.17 Å². The van der Waals surface area contributed by atoms with Gasteiger partial charge >= 0.3 is 0 Å². The zero-order valence-electron chi connectivity index (χ0n) is 3.05. The second kappa shape index (κ2) is 3.00. The molecule has 0 heterocycles. The minimum Gasteiger partial charge on any atom is -0.247 e. The highest BCUT2D eigenvalue weighted by Gasteiger charge is 2.03. The summed E-state index contributed by atoms with van der Waals surface area (Å²) < 4.78 is 32.5. The van der Waals surface area contributed by atoms with Crippen LogP contribution in [0.25, 0.3) is 0 Å². The lowest BCUT2D eigenvalue weighted by Crippen LogP contribution is -1.91. The van der Waals surface area contributed by atoms with E-state index in [2.05, 4.69) is 0 Å². The summed E-state index contributed by atoms with van der Waals surface area (Å²) in [6.07, 6.45) is -1.24. The van der Waals surface area contributed by atoms with Gasteiger partial charge in [0.25, 0.3) is 0 Å². The zero-order chi connectivity index (χ0) is 4.99. The van der Waals surface area contributed by atoms with Gasteiger partial charge in [-0.1, -0.05) is 0 Å². The van der Waals surface area contributed by atoms with Crippen molar-refractivity contribution in [2.24, 2.45) is 0 Å². The highest BCUT2D eigenvalue weighted by atomic mass is 19.2. The maximum absolute atomic E-state index is 11.0. The first-order valence-corrected chi connectivity index (χ1v) is 1.43. The number of rotatable bonds is 2. The Bertz CT molecular complexity index is 25.2. The maximum Gasteiger partial charge on any atom is 0.205 e. The Morgan fingerprint density at radius 1 is 1.17 bits per heavy atom. The molecule has 0 aromatic heterocycles. The quantitative estimate of drug-likeness (QED) is 0.489. The highest BCUT2D eigenvalue weighted by molar-refractivity contribution is 4.71. The van der Waals surface area contributed by atoms with E-state index < -0.39 is 19.5 Å². The molecule has 0 amide bonds. The van der Waals surface area contributed by atoms with E-state index in [9.17, 15) is 13.2 Å². The first kappa shape index (κ1) is 5.79. The van der Waals surface area contributed by atoms with Gasteiger partial charge in [0.2, 0.25) is 6.17 Å². The van der Waals surface area contributed by atoms with Crippen LogP contribution in [0.4, 0.5) is 13.2 Å². The second-order valence-corrected chi connectivity index (χ2v) is 0.785. The van der Waals surface area contributed by atoms with Crippen molar-refractivity contribution >= 4 is 0 Å². The molecular weight excluding hydrogens is 93.0 g/mol. The van der Waals surface area contributed by atoms with Crippen molar-refractivity contribution < 1.29 is 13.2 Å². The molecule has 1 radical (unpaired) electrons. The van der Waals surface area contributed by atoms with Gasteiger partial charge in [0.1, 0.15) is 13.3 Å². The number of halogens is 3. The van der Waals surface area contributed by atoms with Crippen LogP contribution in [0.2, 0.25) is 0 Å². The van der Waals surface area contributed by atoms with Crippen LogP contribution in [0.15, 0.2) is 0 Å². The fourth-order valence-electron chi connectivity index (χ4n) is 0.0357. The minimum atomic E-state index is -1.30. The van der Waals surface area contributed by atoms with Crippen LogP contribution < -0.4 is 0 Å². The van der Waals surface area contributed by atoms with Crippen molar-refractivity contribution in [3.8, 4) is 0 Å². The molecule has 0 fully saturated rings. The second-order valence-electron chi connectivity index (χ2n) is 0.785. The summed E-state index contributed by atoms with van der Waals surface area (Å²) in [6, 6.07) is 0. The van der Waals surface area contributed by atoms with Gasteiger partial charge in [-0.3, -0.25) is 0 Å². The zero-order valence-corrected chi connectivity index (χ0v) is 3.05. The van der Waals surface area contributed by atoms with Gasteiger partial charge in [0.15, 0.2) is 0 Å². The Hall–Kier alpha value is -0.210. The summed E-state index contributed by atoms with van der Waals surface area (Å²) >= 11 is 0. The molecule has 0 N–H and O–H groups in total. The molecule has 0 bridgehead atoms. The van der Waals surface area contributed by atoms with Crippen LogP contribution in [0.5, 0.6) is 0 Å². The monoisotopic (exact) mass is 97.0 g/mol. The van der Waals surface area contributed by atoms with Gasteiger partial charge in [-0.2, -0.15) is 0 Å². The van der Waals surface area contributed by atoms with E-state index in [0.29, 0.717) is 0 Å². The summed E-state index contributed by atoms with van der Waals surface area (Å²) in [5.41, 5.74) is 0. The number of hydrogen-bond donors (Lipinski definition) is 0. The van der Waals surface area contributed by atoms with Crippen molar-refractivity contribution in [1.29, 1.82) is 0 Å². The Morgan fingerprint density at radius 2 is 1.50 bits per heavy atom.